The lowest BCUT2D eigenvalue weighted by Gasteiger charge is -1.95. The lowest BCUT2D eigenvalue weighted by atomic mass is 10.3. The Morgan fingerprint density at radius 1 is 0.882 bits per heavy atom. The van der Waals surface area contributed by atoms with E-state index in [9.17, 15) is 0 Å². The fourth-order valence-electron chi connectivity index (χ4n) is 0.819. The summed E-state index contributed by atoms with van der Waals surface area (Å²) < 4.78 is 5.13. The highest BCUT2D eigenvalue weighted by atomic mass is 16.5. The van der Waals surface area contributed by atoms with Crippen LogP contribution in [0.2, 0.25) is 0 Å². The molecule has 0 saturated heterocycles. The molecule has 2 nitrogen and oxygen atoms in total. The number of benzene rings is 1. The van der Waals surface area contributed by atoms with Crippen molar-refractivity contribution in [1.82, 2.24) is 0 Å². The Hall–Kier alpha value is -1.02. The van der Waals surface area contributed by atoms with E-state index in [0.717, 1.165) is 26.1 Å². The van der Waals surface area contributed by atoms with Crippen LogP contribution in [0.4, 0.5) is 0 Å². The molecule has 1 N–H and O–H groups in total. The van der Waals surface area contributed by atoms with Gasteiger partial charge in [-0.05, 0) is 25.0 Å². The highest BCUT2D eigenvalue weighted by Gasteiger charge is 1.78. The highest BCUT2D eigenvalue weighted by Crippen LogP contribution is 2.02. The average Bonchev–Trinajstić information content (AvgIpc) is 2.33. The Morgan fingerprint density at radius 3 is 1.53 bits per heavy atom. The van der Waals surface area contributed by atoms with Gasteiger partial charge in [-0.15, -0.1) is 0 Å². The van der Waals surface area contributed by atoms with Crippen LogP contribution in [0.3, 0.4) is 0 Å². The second-order valence-electron chi connectivity index (χ2n) is 3.66. The molecule has 0 atom stereocenters. The quantitative estimate of drug-likeness (QED) is 0.777. The molecule has 17 heavy (non-hydrogen) atoms. The lowest BCUT2D eigenvalue weighted by molar-refractivity contribution is 0.135. The molecule has 0 radical (unpaired) electrons. The molecule has 2 heteroatoms. The minimum atomic E-state index is 0.322. The monoisotopic (exact) mass is 240 g/mol. The number of phenols is 1. The van der Waals surface area contributed by atoms with Gasteiger partial charge in [-0.2, -0.15) is 0 Å². The lowest BCUT2D eigenvalue weighted by Crippen LogP contribution is -1.92. The van der Waals surface area contributed by atoms with Gasteiger partial charge in [-0.1, -0.05) is 52.3 Å². The summed E-state index contributed by atoms with van der Waals surface area (Å²) >= 11 is 0. The van der Waals surface area contributed by atoms with E-state index in [4.69, 9.17) is 9.84 Å². The number of para-hydroxylation sites is 1. The molecule has 0 amide bonds. The van der Waals surface area contributed by atoms with Gasteiger partial charge >= 0.3 is 0 Å². The second kappa shape index (κ2) is 17.4. The summed E-state index contributed by atoms with van der Waals surface area (Å²) in [5, 5.41) is 8.63. The third kappa shape index (κ3) is 20.9. The summed E-state index contributed by atoms with van der Waals surface area (Å²) in [6, 6.07) is 8.71. The van der Waals surface area contributed by atoms with Crippen molar-refractivity contribution in [3.63, 3.8) is 0 Å². The molecule has 0 aliphatic rings. The molecule has 0 saturated carbocycles. The Morgan fingerprint density at radius 2 is 1.29 bits per heavy atom. The van der Waals surface area contributed by atoms with Crippen LogP contribution in [0.15, 0.2) is 30.3 Å². The Bertz CT molecular complexity index is 205. The summed E-state index contributed by atoms with van der Waals surface area (Å²) in [5.74, 6) is 0.322. The molecule has 0 bridgehead atoms. The van der Waals surface area contributed by atoms with Crippen LogP contribution in [0, 0.1) is 0 Å². The van der Waals surface area contributed by atoms with E-state index in [0.29, 0.717) is 5.75 Å². The van der Waals surface area contributed by atoms with Crippen molar-refractivity contribution in [1.29, 1.82) is 0 Å². The molecule has 1 rings (SSSR count). The van der Waals surface area contributed by atoms with E-state index < -0.39 is 0 Å². The first kappa shape index (κ1) is 18.3. The van der Waals surface area contributed by atoms with E-state index in [2.05, 4.69) is 27.7 Å². The second-order valence-corrected chi connectivity index (χ2v) is 3.66. The van der Waals surface area contributed by atoms with Crippen molar-refractivity contribution < 1.29 is 9.84 Å². The normalized spacial score (nSPS) is 8.47. The van der Waals surface area contributed by atoms with Gasteiger partial charge in [0.1, 0.15) is 5.75 Å². The molecule has 0 aromatic heterocycles. The molecular formula is C15H28O2. The van der Waals surface area contributed by atoms with Gasteiger partial charge < -0.3 is 9.84 Å². The van der Waals surface area contributed by atoms with Gasteiger partial charge in [0.2, 0.25) is 0 Å². The molecule has 0 fully saturated rings. The van der Waals surface area contributed by atoms with Crippen LogP contribution in [0.5, 0.6) is 5.75 Å². The maximum Gasteiger partial charge on any atom is 0.115 e. The zero-order chi connectivity index (χ0) is 13.4. The molecule has 1 aromatic rings. The summed E-state index contributed by atoms with van der Waals surface area (Å²) in [6.07, 6.45) is 3.53. The molecular weight excluding hydrogens is 212 g/mol. The zero-order valence-electron chi connectivity index (χ0n) is 11.8. The van der Waals surface area contributed by atoms with Crippen molar-refractivity contribution in [2.45, 2.75) is 47.0 Å². The molecule has 1 aromatic carbocycles. The van der Waals surface area contributed by atoms with E-state index in [1.54, 1.807) is 24.3 Å². The topological polar surface area (TPSA) is 29.5 Å². The maximum absolute atomic E-state index is 8.63. The standard InChI is InChI=1S/C6H6O.C6H14O.C3H8/c7-6-4-2-1-3-5-6;1-3-5-7-6-4-2;1-3-2/h1-5,7H;3-6H2,1-2H3;3H2,1-2H3. The average molecular weight is 240 g/mol. The van der Waals surface area contributed by atoms with Crippen molar-refractivity contribution >= 4 is 0 Å². The summed E-state index contributed by atoms with van der Waals surface area (Å²) in [5.41, 5.74) is 0. The van der Waals surface area contributed by atoms with Gasteiger partial charge in [0.05, 0.1) is 0 Å². The predicted molar refractivity (Wildman–Crippen MR) is 75.5 cm³/mol. The number of hydrogen-bond donors (Lipinski definition) is 1. The minimum absolute atomic E-state index is 0.322. The Kier molecular flexibility index (Phi) is 18.8. The number of hydrogen-bond acceptors (Lipinski definition) is 2. The summed E-state index contributed by atoms with van der Waals surface area (Å²) in [7, 11) is 0. The smallest absolute Gasteiger partial charge is 0.115 e. The first-order chi connectivity index (χ1) is 8.22. The van der Waals surface area contributed by atoms with E-state index in [1.165, 1.54) is 6.42 Å². The van der Waals surface area contributed by atoms with Gasteiger partial charge in [-0.3, -0.25) is 0 Å². The first-order valence-corrected chi connectivity index (χ1v) is 6.54. The molecule has 0 unspecified atom stereocenters. The van der Waals surface area contributed by atoms with Crippen molar-refractivity contribution in [2.75, 3.05) is 13.2 Å². The van der Waals surface area contributed by atoms with Crippen LogP contribution in [0.25, 0.3) is 0 Å². The number of phenolic OH excluding ortho intramolecular Hbond substituents is 1. The van der Waals surface area contributed by atoms with Crippen LogP contribution >= 0.6 is 0 Å². The van der Waals surface area contributed by atoms with E-state index in [1.807, 2.05) is 6.07 Å². The van der Waals surface area contributed by atoms with Gasteiger partial charge in [0.15, 0.2) is 0 Å². The highest BCUT2D eigenvalue weighted by molar-refractivity contribution is 5.18. The largest absolute Gasteiger partial charge is 0.508 e. The van der Waals surface area contributed by atoms with Crippen LogP contribution in [0.1, 0.15) is 47.0 Å². The zero-order valence-corrected chi connectivity index (χ0v) is 11.8. The summed E-state index contributed by atoms with van der Waals surface area (Å²) in [4.78, 5) is 0. The third-order valence-electron chi connectivity index (χ3n) is 1.45. The van der Waals surface area contributed by atoms with Gasteiger partial charge in [-0.25, -0.2) is 0 Å². The van der Waals surface area contributed by atoms with Crippen molar-refractivity contribution in [3.05, 3.63) is 30.3 Å². The molecule has 0 spiro atoms. The molecule has 0 aliphatic carbocycles. The number of aromatic hydroxyl groups is 1. The Labute approximate surface area is 107 Å². The minimum Gasteiger partial charge on any atom is -0.508 e. The maximum atomic E-state index is 8.63. The molecule has 100 valence electrons. The van der Waals surface area contributed by atoms with Crippen LogP contribution in [-0.2, 0) is 4.74 Å². The first-order valence-electron chi connectivity index (χ1n) is 6.54. The van der Waals surface area contributed by atoms with Gasteiger partial charge in [0, 0.05) is 13.2 Å². The van der Waals surface area contributed by atoms with Crippen LogP contribution in [-0.4, -0.2) is 18.3 Å². The fourth-order valence-corrected chi connectivity index (χ4v) is 0.819. The number of ether oxygens (including phenoxy) is 1. The third-order valence-corrected chi connectivity index (χ3v) is 1.45. The van der Waals surface area contributed by atoms with Crippen molar-refractivity contribution in [3.8, 4) is 5.75 Å². The van der Waals surface area contributed by atoms with E-state index in [-0.39, 0.29) is 0 Å². The molecule has 0 aliphatic heterocycles. The van der Waals surface area contributed by atoms with E-state index >= 15 is 0 Å². The van der Waals surface area contributed by atoms with Gasteiger partial charge in [0.25, 0.3) is 0 Å². The SMILES string of the molecule is CCC.CCCOCCC.Oc1ccccc1. The predicted octanol–water partition coefficient (Wildman–Crippen LogP) is 4.63. The van der Waals surface area contributed by atoms with Crippen molar-refractivity contribution in [2.24, 2.45) is 0 Å². The fraction of sp³-hybridized carbons (Fsp3) is 0.600. The Balaban J connectivity index is 0. The summed E-state index contributed by atoms with van der Waals surface area (Å²) in [6.45, 7) is 10.3. The van der Waals surface area contributed by atoms with Crippen LogP contribution < -0.4 is 0 Å². The number of rotatable bonds is 4. The molecule has 0 heterocycles.